The summed E-state index contributed by atoms with van der Waals surface area (Å²) in [5.41, 5.74) is -1.15. The summed E-state index contributed by atoms with van der Waals surface area (Å²) in [4.78, 5) is 11.8. The maximum atomic E-state index is 11.8. The second-order valence-electron chi connectivity index (χ2n) is 16.3. The molecule has 1 unspecified atom stereocenters. The molecule has 5 fully saturated rings. The van der Waals surface area contributed by atoms with Gasteiger partial charge in [0.1, 0.15) is 0 Å². The van der Waals surface area contributed by atoms with Crippen LogP contribution in [0.3, 0.4) is 0 Å². The third-order valence-electron chi connectivity index (χ3n) is 13.0. The number of carboxylic acid groups (broad SMARTS) is 1. The zero-order chi connectivity index (χ0) is 34.7. The van der Waals surface area contributed by atoms with Crippen molar-refractivity contribution in [2.45, 2.75) is 172 Å². The van der Waals surface area contributed by atoms with Gasteiger partial charge in [-0.15, -0.1) is 0 Å². The zero-order valence-corrected chi connectivity index (χ0v) is 30.0. The molecule has 5 rings (SSSR count). The number of carbonyl (C=O) groups is 1. The van der Waals surface area contributed by atoms with Crippen molar-refractivity contribution < 1.29 is 53.6 Å². The van der Waals surface area contributed by atoms with Gasteiger partial charge in [-0.1, -0.05) is 41.5 Å². The Morgan fingerprint density at radius 3 is 2.34 bits per heavy atom. The molecular formula is C36H62O11. The van der Waals surface area contributed by atoms with Crippen molar-refractivity contribution in [3.8, 4) is 0 Å². The lowest BCUT2D eigenvalue weighted by Crippen LogP contribution is -2.57. The van der Waals surface area contributed by atoms with E-state index in [1.54, 1.807) is 6.92 Å². The molecule has 11 heteroatoms. The third-order valence-corrected chi connectivity index (χ3v) is 13.0. The number of aliphatic carboxylic acids is 1. The van der Waals surface area contributed by atoms with Gasteiger partial charge in [0.25, 0.3) is 0 Å². The highest BCUT2D eigenvalue weighted by Crippen LogP contribution is 2.55. The van der Waals surface area contributed by atoms with Crippen LogP contribution in [-0.4, -0.2) is 106 Å². The Balaban J connectivity index is 1.29. The molecule has 5 aliphatic heterocycles. The van der Waals surface area contributed by atoms with Crippen molar-refractivity contribution in [3.05, 3.63) is 0 Å². The van der Waals surface area contributed by atoms with Crippen LogP contribution >= 0.6 is 0 Å². The highest BCUT2D eigenvalue weighted by molar-refractivity contribution is 5.70. The smallest absolute Gasteiger partial charge is 0.308 e. The molecule has 0 radical (unpaired) electrons. The molecule has 4 N–H and O–H groups in total. The van der Waals surface area contributed by atoms with Crippen LogP contribution in [0.1, 0.15) is 107 Å². The molecule has 47 heavy (non-hydrogen) atoms. The summed E-state index contributed by atoms with van der Waals surface area (Å²) in [6.45, 7) is 15.6. The molecule has 5 heterocycles. The fourth-order valence-corrected chi connectivity index (χ4v) is 9.91. The number of rotatable bonds is 10. The molecule has 0 aromatic heterocycles. The molecule has 1 spiro atoms. The molecule has 11 nitrogen and oxygen atoms in total. The Morgan fingerprint density at radius 1 is 1.02 bits per heavy atom. The molecule has 5 saturated heterocycles. The van der Waals surface area contributed by atoms with Crippen molar-refractivity contribution >= 4 is 5.97 Å². The van der Waals surface area contributed by atoms with Crippen LogP contribution in [0.4, 0.5) is 0 Å². The van der Waals surface area contributed by atoms with E-state index in [0.717, 1.165) is 32.1 Å². The second-order valence-corrected chi connectivity index (χ2v) is 16.3. The highest BCUT2D eigenvalue weighted by Gasteiger charge is 2.62. The predicted molar refractivity (Wildman–Crippen MR) is 172 cm³/mol. The van der Waals surface area contributed by atoms with E-state index in [2.05, 4.69) is 27.7 Å². The Hall–Kier alpha value is -0.890. The van der Waals surface area contributed by atoms with Crippen molar-refractivity contribution in [1.82, 2.24) is 0 Å². The number of aliphatic hydroxyl groups excluding tert-OH is 2. The Morgan fingerprint density at radius 2 is 1.72 bits per heavy atom. The van der Waals surface area contributed by atoms with E-state index in [0.29, 0.717) is 19.3 Å². The van der Waals surface area contributed by atoms with Gasteiger partial charge in [-0.3, -0.25) is 4.79 Å². The molecule has 0 saturated carbocycles. The van der Waals surface area contributed by atoms with Crippen LogP contribution < -0.4 is 0 Å². The van der Waals surface area contributed by atoms with Gasteiger partial charge < -0.3 is 48.8 Å². The first kappa shape index (κ1) is 37.4. The van der Waals surface area contributed by atoms with E-state index in [-0.39, 0.29) is 54.0 Å². The van der Waals surface area contributed by atoms with Crippen molar-refractivity contribution in [3.63, 3.8) is 0 Å². The van der Waals surface area contributed by atoms with Crippen LogP contribution in [0.5, 0.6) is 0 Å². The molecule has 0 amide bonds. The molecule has 0 bridgehead atoms. The summed E-state index contributed by atoms with van der Waals surface area (Å²) in [6.07, 6.45) is 2.99. The number of carboxylic acids is 1. The molecule has 17 atom stereocenters. The van der Waals surface area contributed by atoms with Crippen LogP contribution in [0.2, 0.25) is 0 Å². The van der Waals surface area contributed by atoms with Gasteiger partial charge in [-0.05, 0) is 64.2 Å². The van der Waals surface area contributed by atoms with Gasteiger partial charge in [0.05, 0.1) is 66.5 Å². The quantitative estimate of drug-likeness (QED) is 0.264. The number of methoxy groups -OCH3 is 1. The Kier molecular flexibility index (Phi) is 10.9. The zero-order valence-electron chi connectivity index (χ0n) is 30.0. The van der Waals surface area contributed by atoms with Gasteiger partial charge in [0.2, 0.25) is 0 Å². The van der Waals surface area contributed by atoms with Gasteiger partial charge in [0, 0.05) is 37.7 Å². The maximum Gasteiger partial charge on any atom is 0.308 e. The van der Waals surface area contributed by atoms with E-state index in [4.69, 9.17) is 28.4 Å². The number of aliphatic hydroxyl groups is 3. The first-order chi connectivity index (χ1) is 22.0. The van der Waals surface area contributed by atoms with Crippen LogP contribution in [-0.2, 0) is 33.2 Å². The number of hydrogen-bond acceptors (Lipinski definition) is 10. The topological polar surface area (TPSA) is 153 Å². The summed E-state index contributed by atoms with van der Waals surface area (Å²) < 4.78 is 39.4. The van der Waals surface area contributed by atoms with E-state index in [1.165, 1.54) is 7.11 Å². The summed E-state index contributed by atoms with van der Waals surface area (Å²) in [5.74, 6) is -4.52. The van der Waals surface area contributed by atoms with E-state index < -0.39 is 59.6 Å². The minimum atomic E-state index is -1.56. The van der Waals surface area contributed by atoms with Crippen LogP contribution in [0.15, 0.2) is 0 Å². The maximum absolute atomic E-state index is 11.8. The van der Waals surface area contributed by atoms with Crippen LogP contribution in [0, 0.1) is 35.5 Å². The molecule has 5 aliphatic rings. The summed E-state index contributed by atoms with van der Waals surface area (Å²) >= 11 is 0. The normalized spacial score (nSPS) is 50.9. The van der Waals surface area contributed by atoms with E-state index >= 15 is 0 Å². The summed E-state index contributed by atoms with van der Waals surface area (Å²) in [6, 6.07) is 0. The molecule has 272 valence electrons. The Bertz CT molecular complexity index is 1110. The van der Waals surface area contributed by atoms with Gasteiger partial charge in [-0.25, -0.2) is 0 Å². The first-order valence-corrected chi connectivity index (χ1v) is 18.1. The molecule has 0 aromatic carbocycles. The van der Waals surface area contributed by atoms with Crippen molar-refractivity contribution in [1.29, 1.82) is 0 Å². The number of hydrogen-bond donors (Lipinski definition) is 4. The van der Waals surface area contributed by atoms with Crippen molar-refractivity contribution in [2.75, 3.05) is 13.7 Å². The number of ether oxygens (including phenoxy) is 6. The average molecular weight is 671 g/mol. The fourth-order valence-electron chi connectivity index (χ4n) is 9.91. The van der Waals surface area contributed by atoms with Crippen LogP contribution in [0.25, 0.3) is 0 Å². The summed E-state index contributed by atoms with van der Waals surface area (Å²) in [7, 11) is 1.52. The molecule has 0 aliphatic carbocycles. The highest BCUT2D eigenvalue weighted by atomic mass is 16.7. The van der Waals surface area contributed by atoms with E-state index in [1.807, 2.05) is 20.8 Å². The first-order valence-electron chi connectivity index (χ1n) is 18.1. The van der Waals surface area contributed by atoms with Gasteiger partial charge in [0.15, 0.2) is 11.6 Å². The second kappa shape index (κ2) is 13.7. The average Bonchev–Trinajstić information content (AvgIpc) is 3.73. The Labute approximate surface area is 281 Å². The van der Waals surface area contributed by atoms with E-state index in [9.17, 15) is 25.2 Å². The molecular weight excluding hydrogens is 608 g/mol. The fraction of sp³-hybridized carbons (Fsp3) is 0.972. The molecule has 0 aromatic rings. The lowest BCUT2D eigenvalue weighted by molar-refractivity contribution is -0.336. The van der Waals surface area contributed by atoms with Gasteiger partial charge >= 0.3 is 5.97 Å². The largest absolute Gasteiger partial charge is 0.481 e. The predicted octanol–water partition coefficient (Wildman–Crippen LogP) is 4.27. The lowest BCUT2D eigenvalue weighted by Gasteiger charge is -2.49. The SMILES string of the molecule is CC[C@]1([C@H]2O[C@H]([C@@H]3O[C@](O)(CO)[C@@H](C)C[C@H]3C)C[C@H]2C)CC[C@@H]([C@@]2(C)CC[C@@]3(C[C@@H](O)[C@H](C)[C@H]([C@H](C)[C@H](OC)C(C)C(=O)O)O3)O2)O1. The minimum absolute atomic E-state index is 0.153. The standard InChI is InChI=1S/C36H62O11/c1-10-34(31-20(3)16-26(43-31)28-19(2)15-21(4)36(41,18-37)46-28)12-11-27(44-34)33(8)13-14-35(47-33)17-25(38)22(5)30(45-35)23(6)29(42-9)24(7)32(39)40/h19-31,37-38,41H,10-18H2,1-9H3,(H,39,40)/t19-,20-,21+,22+,23-,24?,25-,26+,27+,28-,29+,30-,31+,33-,34-,35+,36-/m1/s1. The van der Waals surface area contributed by atoms with Crippen molar-refractivity contribution in [2.24, 2.45) is 35.5 Å². The lowest BCUT2D eigenvalue weighted by atomic mass is 9.78. The summed E-state index contributed by atoms with van der Waals surface area (Å²) in [5, 5.41) is 41.8. The minimum Gasteiger partial charge on any atom is -0.481 e. The monoisotopic (exact) mass is 670 g/mol. The third kappa shape index (κ3) is 6.67. The van der Waals surface area contributed by atoms with Gasteiger partial charge in [-0.2, -0.15) is 0 Å².